The highest BCUT2D eigenvalue weighted by Crippen LogP contribution is 2.44. The summed E-state index contributed by atoms with van der Waals surface area (Å²) in [6.07, 6.45) is -2.68. The average molecular weight is 458 g/mol. The van der Waals surface area contributed by atoms with Crippen LogP contribution in [0.25, 0.3) is 0 Å². The Balaban J connectivity index is 1.57. The Morgan fingerprint density at radius 2 is 1.82 bits per heavy atom. The highest BCUT2D eigenvalue weighted by atomic mass is 19.4. The molecule has 6 nitrogen and oxygen atoms in total. The molecule has 1 aromatic heterocycles. The first kappa shape index (κ1) is 22.7. The van der Waals surface area contributed by atoms with E-state index in [0.717, 1.165) is 27.8 Å². The fourth-order valence-corrected chi connectivity index (χ4v) is 3.95. The Bertz CT molecular complexity index is 1110. The smallest absolute Gasteiger partial charge is 0.410 e. The summed E-state index contributed by atoms with van der Waals surface area (Å²) in [5.74, 6) is 0.263. The van der Waals surface area contributed by atoms with Crippen LogP contribution in [0.3, 0.4) is 0 Å². The van der Waals surface area contributed by atoms with Gasteiger partial charge in [0, 0.05) is 13.0 Å². The number of nitrogens with one attached hydrogen (secondary N) is 2. The second-order valence-electron chi connectivity index (χ2n) is 7.97. The second-order valence-corrected chi connectivity index (χ2v) is 7.97. The first-order chi connectivity index (χ1) is 15.8. The van der Waals surface area contributed by atoms with Crippen molar-refractivity contribution in [2.45, 2.75) is 44.6 Å². The van der Waals surface area contributed by atoms with Crippen molar-refractivity contribution in [1.29, 1.82) is 0 Å². The second kappa shape index (κ2) is 9.17. The number of aryl methyl sites for hydroxylation is 1. The summed E-state index contributed by atoms with van der Waals surface area (Å²) in [5, 5.41) is 9.79. The molecule has 0 saturated heterocycles. The number of hydrogen-bond acceptors (Lipinski definition) is 4. The van der Waals surface area contributed by atoms with Crippen LogP contribution in [0.1, 0.15) is 52.5 Å². The Kier molecular flexibility index (Phi) is 6.31. The lowest BCUT2D eigenvalue weighted by Gasteiger charge is -2.34. The van der Waals surface area contributed by atoms with Crippen molar-refractivity contribution in [2.75, 3.05) is 12.4 Å². The highest BCUT2D eigenvalue weighted by molar-refractivity contribution is 5.98. The Morgan fingerprint density at radius 3 is 2.42 bits per heavy atom. The normalized spacial score (nSPS) is 17.7. The van der Waals surface area contributed by atoms with Crippen molar-refractivity contribution in [2.24, 2.45) is 0 Å². The van der Waals surface area contributed by atoms with Gasteiger partial charge in [-0.15, -0.1) is 0 Å². The number of methoxy groups -OCH3 is 1. The van der Waals surface area contributed by atoms with Gasteiger partial charge >= 0.3 is 6.18 Å². The zero-order valence-electron chi connectivity index (χ0n) is 18.3. The molecule has 0 unspecified atom stereocenters. The molecule has 1 aliphatic heterocycles. The molecule has 0 saturated carbocycles. The van der Waals surface area contributed by atoms with Gasteiger partial charge in [-0.1, -0.05) is 43.3 Å². The molecule has 2 N–H and O–H groups in total. The molecular formula is C24H25F3N4O2. The lowest BCUT2D eigenvalue weighted by molar-refractivity contribution is -0.173. The molecule has 3 aromatic rings. The molecule has 2 heterocycles. The number of hydrogen-bond donors (Lipinski definition) is 2. The third kappa shape index (κ3) is 4.81. The van der Waals surface area contributed by atoms with Crippen molar-refractivity contribution < 1.29 is 22.7 Å². The first-order valence-electron chi connectivity index (χ1n) is 10.7. The number of ether oxygens (including phenoxy) is 1. The predicted octanol–water partition coefficient (Wildman–Crippen LogP) is 5.04. The SMILES string of the molecule is CCc1ccc([C@H]2C[C@@H](C(F)(F)F)n3ncc(C(=O)NCc4ccc(OC)cc4)c3N2)cc1. The van der Waals surface area contributed by atoms with E-state index in [4.69, 9.17) is 4.74 Å². The van der Waals surface area contributed by atoms with E-state index in [1.807, 2.05) is 31.2 Å². The minimum absolute atomic E-state index is 0.0698. The quantitative estimate of drug-likeness (QED) is 0.543. The van der Waals surface area contributed by atoms with Crippen molar-refractivity contribution in [3.8, 4) is 5.75 Å². The summed E-state index contributed by atoms with van der Waals surface area (Å²) >= 11 is 0. The molecule has 0 aliphatic carbocycles. The summed E-state index contributed by atoms with van der Waals surface area (Å²) in [6.45, 7) is 2.24. The lowest BCUT2D eigenvalue weighted by Crippen LogP contribution is -2.36. The number of carbonyl (C=O) groups excluding carboxylic acids is 1. The zero-order chi connectivity index (χ0) is 23.6. The highest BCUT2D eigenvalue weighted by Gasteiger charge is 2.47. The van der Waals surface area contributed by atoms with Crippen LogP contribution < -0.4 is 15.4 Å². The molecule has 1 aliphatic rings. The van der Waals surface area contributed by atoms with Crippen molar-refractivity contribution >= 4 is 11.7 Å². The first-order valence-corrected chi connectivity index (χ1v) is 10.7. The number of aromatic nitrogens is 2. The van der Waals surface area contributed by atoms with Gasteiger partial charge in [-0.25, -0.2) is 4.68 Å². The van der Waals surface area contributed by atoms with Crippen LogP contribution in [-0.2, 0) is 13.0 Å². The number of alkyl halides is 3. The molecule has 4 rings (SSSR count). The number of halogens is 3. The summed E-state index contributed by atoms with van der Waals surface area (Å²) < 4.78 is 47.6. The summed E-state index contributed by atoms with van der Waals surface area (Å²) in [5.41, 5.74) is 2.75. The van der Waals surface area contributed by atoms with Crippen molar-refractivity contribution in [3.63, 3.8) is 0 Å². The Hall–Kier alpha value is -3.49. The predicted molar refractivity (Wildman–Crippen MR) is 118 cm³/mol. The largest absolute Gasteiger partial charge is 0.497 e. The summed E-state index contributed by atoms with van der Waals surface area (Å²) in [4.78, 5) is 12.8. The average Bonchev–Trinajstić information content (AvgIpc) is 3.25. The molecule has 0 radical (unpaired) electrons. The van der Waals surface area contributed by atoms with Crippen LogP contribution in [0.5, 0.6) is 5.75 Å². The van der Waals surface area contributed by atoms with Gasteiger partial charge in [0.2, 0.25) is 0 Å². The van der Waals surface area contributed by atoms with Crippen LogP contribution in [0, 0.1) is 0 Å². The molecule has 0 fully saturated rings. The molecule has 174 valence electrons. The monoisotopic (exact) mass is 458 g/mol. The van der Waals surface area contributed by atoms with Crippen molar-refractivity contribution in [1.82, 2.24) is 15.1 Å². The Morgan fingerprint density at radius 1 is 1.15 bits per heavy atom. The zero-order valence-corrected chi connectivity index (χ0v) is 18.3. The molecule has 1 amide bonds. The third-order valence-electron chi connectivity index (χ3n) is 5.89. The van der Waals surface area contributed by atoms with Gasteiger partial charge in [-0.05, 0) is 35.2 Å². The summed E-state index contributed by atoms with van der Waals surface area (Å²) in [7, 11) is 1.56. The van der Waals surface area contributed by atoms with Gasteiger partial charge in [-0.3, -0.25) is 4.79 Å². The number of amides is 1. The van der Waals surface area contributed by atoms with Gasteiger partial charge in [0.25, 0.3) is 5.91 Å². The maximum absolute atomic E-state index is 13.9. The van der Waals surface area contributed by atoms with Gasteiger partial charge < -0.3 is 15.4 Å². The fourth-order valence-electron chi connectivity index (χ4n) is 3.95. The van der Waals surface area contributed by atoms with E-state index in [9.17, 15) is 18.0 Å². The molecule has 0 spiro atoms. The third-order valence-corrected chi connectivity index (χ3v) is 5.89. The minimum atomic E-state index is -4.50. The fraction of sp³-hybridized carbons (Fsp3) is 0.333. The van der Waals surface area contributed by atoms with Gasteiger partial charge in [0.1, 0.15) is 17.1 Å². The standard InChI is InChI=1S/C24H25F3N4O2/c1-3-15-4-8-17(9-5-15)20-12-21(24(25,26)27)31-22(30-20)19(14-29-31)23(32)28-13-16-6-10-18(33-2)11-7-16/h4-11,14,20-21,30H,3,12-13H2,1-2H3,(H,28,32)/t20-,21+/m1/s1. The van der Waals surface area contributed by atoms with Gasteiger partial charge in [0.15, 0.2) is 6.04 Å². The minimum Gasteiger partial charge on any atom is -0.497 e. The molecule has 2 atom stereocenters. The van der Waals surface area contributed by atoms with E-state index in [2.05, 4.69) is 15.7 Å². The molecule has 0 bridgehead atoms. The molecular weight excluding hydrogens is 433 g/mol. The maximum atomic E-state index is 13.9. The van der Waals surface area contributed by atoms with E-state index < -0.39 is 24.2 Å². The van der Waals surface area contributed by atoms with Crippen LogP contribution >= 0.6 is 0 Å². The van der Waals surface area contributed by atoms with E-state index in [1.54, 1.807) is 31.4 Å². The lowest BCUT2D eigenvalue weighted by atomic mass is 9.95. The number of anilines is 1. The number of carbonyl (C=O) groups is 1. The number of rotatable bonds is 6. The number of benzene rings is 2. The van der Waals surface area contributed by atoms with E-state index in [1.165, 1.54) is 6.20 Å². The molecule has 9 heteroatoms. The molecule has 33 heavy (non-hydrogen) atoms. The number of nitrogens with zero attached hydrogens (tertiary/aromatic N) is 2. The summed E-state index contributed by atoms with van der Waals surface area (Å²) in [6, 6.07) is 12.2. The van der Waals surface area contributed by atoms with Gasteiger partial charge in [-0.2, -0.15) is 18.3 Å². The number of fused-ring (bicyclic) bond motifs is 1. The van der Waals surface area contributed by atoms with Crippen LogP contribution in [0.2, 0.25) is 0 Å². The van der Waals surface area contributed by atoms with Crippen LogP contribution in [0.4, 0.5) is 19.0 Å². The van der Waals surface area contributed by atoms with E-state index >= 15 is 0 Å². The maximum Gasteiger partial charge on any atom is 0.410 e. The van der Waals surface area contributed by atoms with E-state index in [-0.39, 0.29) is 24.3 Å². The van der Waals surface area contributed by atoms with Crippen LogP contribution in [-0.4, -0.2) is 29.0 Å². The van der Waals surface area contributed by atoms with Gasteiger partial charge in [0.05, 0.1) is 19.3 Å². The van der Waals surface area contributed by atoms with E-state index in [0.29, 0.717) is 5.75 Å². The Labute approximate surface area is 189 Å². The molecule has 2 aromatic carbocycles. The van der Waals surface area contributed by atoms with Crippen molar-refractivity contribution in [3.05, 3.63) is 77.0 Å². The van der Waals surface area contributed by atoms with Crippen LogP contribution in [0.15, 0.2) is 54.7 Å². The topological polar surface area (TPSA) is 68.2 Å².